The van der Waals surface area contributed by atoms with Gasteiger partial charge in [-0.15, -0.1) is 0 Å². The number of rotatable bonds is 3. The fourth-order valence-electron chi connectivity index (χ4n) is 1.95. The topological polar surface area (TPSA) is 63.8 Å². The van der Waals surface area contributed by atoms with Gasteiger partial charge in [0.05, 0.1) is 0 Å². The first-order valence-electron chi connectivity index (χ1n) is 5.15. The van der Waals surface area contributed by atoms with E-state index in [2.05, 4.69) is 21.5 Å². The summed E-state index contributed by atoms with van der Waals surface area (Å²) in [7, 11) is 0. The van der Waals surface area contributed by atoms with E-state index in [9.17, 15) is 0 Å². The predicted molar refractivity (Wildman–Crippen MR) is 65.0 cm³/mol. The molecule has 2 unspecified atom stereocenters. The van der Waals surface area contributed by atoms with Gasteiger partial charge in [-0.3, -0.25) is 0 Å². The molecule has 5 heteroatoms. The summed E-state index contributed by atoms with van der Waals surface area (Å²) >= 11 is 1.95. The highest BCUT2D eigenvalue weighted by molar-refractivity contribution is 7.99. The minimum atomic E-state index is 0.520. The van der Waals surface area contributed by atoms with E-state index in [4.69, 9.17) is 5.73 Å². The molecule has 1 heterocycles. The molecule has 4 nitrogen and oxygen atoms in total. The van der Waals surface area contributed by atoms with Crippen LogP contribution in [0.3, 0.4) is 0 Å². The van der Waals surface area contributed by atoms with Crippen molar-refractivity contribution < 1.29 is 0 Å². The highest BCUT2D eigenvalue weighted by Crippen LogP contribution is 2.29. The molecule has 1 aliphatic rings. The van der Waals surface area contributed by atoms with Crippen LogP contribution in [-0.2, 0) is 0 Å². The normalized spacial score (nSPS) is 25.4. The fraction of sp³-hybridized carbons (Fsp3) is 0.600. The third kappa shape index (κ3) is 2.75. The summed E-state index contributed by atoms with van der Waals surface area (Å²) in [6.45, 7) is 0. The Morgan fingerprint density at radius 1 is 1.47 bits per heavy atom. The summed E-state index contributed by atoms with van der Waals surface area (Å²) in [5.74, 6) is 1.36. The molecule has 1 aliphatic carbocycles. The molecule has 1 saturated carbocycles. The van der Waals surface area contributed by atoms with Gasteiger partial charge in [0.1, 0.15) is 18.0 Å². The summed E-state index contributed by atoms with van der Waals surface area (Å²) in [5, 5.41) is 4.19. The van der Waals surface area contributed by atoms with Crippen molar-refractivity contribution in [2.24, 2.45) is 0 Å². The lowest BCUT2D eigenvalue weighted by Crippen LogP contribution is -2.17. The number of nitrogens with one attached hydrogen (secondary N) is 1. The van der Waals surface area contributed by atoms with E-state index in [1.807, 2.05) is 11.8 Å². The quantitative estimate of drug-likeness (QED) is 0.819. The van der Waals surface area contributed by atoms with Gasteiger partial charge in [0.2, 0.25) is 0 Å². The Balaban J connectivity index is 1.92. The molecule has 0 saturated heterocycles. The number of nitrogens with zero attached hydrogens (tertiary/aromatic N) is 2. The van der Waals surface area contributed by atoms with Crippen LogP contribution in [0.1, 0.15) is 19.3 Å². The van der Waals surface area contributed by atoms with E-state index in [1.54, 1.807) is 6.07 Å². The average molecular weight is 224 g/mol. The molecular formula is C10H16N4S. The molecule has 15 heavy (non-hydrogen) atoms. The van der Waals surface area contributed by atoms with Gasteiger partial charge in [-0.25, -0.2) is 9.97 Å². The van der Waals surface area contributed by atoms with Crippen LogP contribution < -0.4 is 11.1 Å². The van der Waals surface area contributed by atoms with Crippen molar-refractivity contribution >= 4 is 23.4 Å². The Morgan fingerprint density at radius 2 is 2.33 bits per heavy atom. The first kappa shape index (κ1) is 10.5. The molecule has 0 bridgehead atoms. The summed E-state index contributed by atoms with van der Waals surface area (Å²) in [4.78, 5) is 8.01. The van der Waals surface area contributed by atoms with Gasteiger partial charge in [-0.05, 0) is 25.5 Å². The van der Waals surface area contributed by atoms with E-state index < -0.39 is 0 Å². The molecule has 0 aromatic carbocycles. The zero-order valence-electron chi connectivity index (χ0n) is 8.81. The van der Waals surface area contributed by atoms with Gasteiger partial charge >= 0.3 is 0 Å². The van der Waals surface area contributed by atoms with Gasteiger partial charge in [0, 0.05) is 17.4 Å². The Bertz CT molecular complexity index is 331. The van der Waals surface area contributed by atoms with Crippen molar-refractivity contribution in [1.29, 1.82) is 0 Å². The molecule has 2 atom stereocenters. The van der Waals surface area contributed by atoms with E-state index in [1.165, 1.54) is 25.6 Å². The second kappa shape index (κ2) is 4.70. The third-order valence-electron chi connectivity index (χ3n) is 2.76. The smallest absolute Gasteiger partial charge is 0.131 e. The zero-order chi connectivity index (χ0) is 10.7. The van der Waals surface area contributed by atoms with Crippen LogP contribution in [0.4, 0.5) is 11.6 Å². The van der Waals surface area contributed by atoms with Crippen molar-refractivity contribution in [2.45, 2.75) is 30.6 Å². The average Bonchev–Trinajstić information content (AvgIpc) is 2.65. The molecule has 0 amide bonds. The van der Waals surface area contributed by atoms with Crippen LogP contribution in [0, 0.1) is 0 Å². The molecule has 1 fully saturated rings. The molecular weight excluding hydrogens is 208 g/mol. The highest BCUT2D eigenvalue weighted by atomic mass is 32.2. The second-order valence-electron chi connectivity index (χ2n) is 3.84. The van der Waals surface area contributed by atoms with E-state index >= 15 is 0 Å². The molecule has 3 N–H and O–H groups in total. The molecule has 0 aliphatic heterocycles. The number of hydrogen-bond donors (Lipinski definition) is 2. The third-order valence-corrected chi connectivity index (χ3v) is 3.85. The van der Waals surface area contributed by atoms with Crippen molar-refractivity contribution in [3.63, 3.8) is 0 Å². The van der Waals surface area contributed by atoms with E-state index in [-0.39, 0.29) is 0 Å². The Labute approximate surface area is 94.1 Å². The van der Waals surface area contributed by atoms with Crippen molar-refractivity contribution in [1.82, 2.24) is 9.97 Å². The number of nitrogens with two attached hydrogens (primary N) is 1. The molecule has 0 radical (unpaired) electrons. The van der Waals surface area contributed by atoms with Crippen LogP contribution >= 0.6 is 11.8 Å². The number of thioether (sulfide) groups is 1. The monoisotopic (exact) mass is 224 g/mol. The molecule has 82 valence electrons. The number of nitrogen functional groups attached to an aromatic ring is 1. The van der Waals surface area contributed by atoms with Gasteiger partial charge in [0.15, 0.2) is 0 Å². The predicted octanol–water partition coefficient (Wildman–Crippen LogP) is 1.75. The van der Waals surface area contributed by atoms with Gasteiger partial charge in [-0.1, -0.05) is 0 Å². The Hall–Kier alpha value is -0.970. The number of aromatic nitrogens is 2. The highest BCUT2D eigenvalue weighted by Gasteiger charge is 2.23. The summed E-state index contributed by atoms with van der Waals surface area (Å²) in [5.41, 5.74) is 5.59. The van der Waals surface area contributed by atoms with Gasteiger partial charge in [0.25, 0.3) is 0 Å². The largest absolute Gasteiger partial charge is 0.384 e. The second-order valence-corrected chi connectivity index (χ2v) is 4.98. The number of anilines is 2. The van der Waals surface area contributed by atoms with Crippen molar-refractivity contribution in [2.75, 3.05) is 17.3 Å². The van der Waals surface area contributed by atoms with Crippen LogP contribution in [0.5, 0.6) is 0 Å². The fourth-order valence-corrected chi connectivity index (χ4v) is 2.74. The van der Waals surface area contributed by atoms with Crippen LogP contribution in [0.2, 0.25) is 0 Å². The Morgan fingerprint density at radius 3 is 3.00 bits per heavy atom. The van der Waals surface area contributed by atoms with Crippen molar-refractivity contribution in [3.05, 3.63) is 12.4 Å². The molecule has 1 aromatic rings. The van der Waals surface area contributed by atoms with E-state index in [0.29, 0.717) is 11.9 Å². The summed E-state index contributed by atoms with van der Waals surface area (Å²) < 4.78 is 0. The minimum absolute atomic E-state index is 0.520. The standard InChI is InChI=1S/C10H16N4S/c1-15-8-3-2-7(4-8)14-10-5-9(11)12-6-13-10/h5-8H,2-4H2,1H3,(H3,11,12,13,14). The SMILES string of the molecule is CSC1CCC(Nc2cc(N)ncn2)C1. The molecule has 1 aromatic heterocycles. The lowest BCUT2D eigenvalue weighted by Gasteiger charge is -2.13. The summed E-state index contributed by atoms with van der Waals surface area (Å²) in [6.07, 6.45) is 7.40. The minimum Gasteiger partial charge on any atom is -0.384 e. The number of hydrogen-bond acceptors (Lipinski definition) is 5. The molecule has 2 rings (SSSR count). The molecule has 0 spiro atoms. The van der Waals surface area contributed by atoms with Crippen LogP contribution in [0.25, 0.3) is 0 Å². The van der Waals surface area contributed by atoms with E-state index in [0.717, 1.165) is 11.1 Å². The summed E-state index contributed by atoms with van der Waals surface area (Å²) in [6, 6.07) is 2.32. The first-order valence-corrected chi connectivity index (χ1v) is 6.43. The van der Waals surface area contributed by atoms with Gasteiger partial charge in [-0.2, -0.15) is 11.8 Å². The maximum atomic E-state index is 5.59. The Kier molecular flexibility index (Phi) is 3.30. The lowest BCUT2D eigenvalue weighted by molar-refractivity contribution is 0.751. The van der Waals surface area contributed by atoms with Crippen LogP contribution in [-0.4, -0.2) is 27.5 Å². The maximum absolute atomic E-state index is 5.59. The first-order chi connectivity index (χ1) is 7.28. The van der Waals surface area contributed by atoms with Crippen molar-refractivity contribution in [3.8, 4) is 0 Å². The van der Waals surface area contributed by atoms with Gasteiger partial charge < -0.3 is 11.1 Å². The zero-order valence-corrected chi connectivity index (χ0v) is 9.63. The maximum Gasteiger partial charge on any atom is 0.131 e. The van der Waals surface area contributed by atoms with Crippen LogP contribution in [0.15, 0.2) is 12.4 Å². The lowest BCUT2D eigenvalue weighted by atomic mass is 10.2.